The van der Waals surface area contributed by atoms with Gasteiger partial charge < -0.3 is 38.8 Å². The van der Waals surface area contributed by atoms with E-state index in [0.29, 0.717) is 78.0 Å². The van der Waals surface area contributed by atoms with Gasteiger partial charge in [0.05, 0.1) is 69.1 Å². The van der Waals surface area contributed by atoms with Crippen LogP contribution in [0.15, 0.2) is 95.2 Å². The highest BCUT2D eigenvalue weighted by Gasteiger charge is 2.35. The molecular formula is C45H45N5O7. The van der Waals surface area contributed by atoms with Crippen LogP contribution in [0, 0.1) is 0 Å². The minimum atomic E-state index is -0.202. The molecule has 4 heterocycles. The van der Waals surface area contributed by atoms with E-state index in [1.807, 2.05) is 49.1 Å². The second-order valence-electron chi connectivity index (χ2n) is 14.2. The molecular weight excluding hydrogens is 723 g/mol. The van der Waals surface area contributed by atoms with Crippen LogP contribution in [0.5, 0.6) is 28.7 Å². The molecule has 4 aromatic rings. The zero-order valence-corrected chi connectivity index (χ0v) is 32.5. The van der Waals surface area contributed by atoms with Crippen molar-refractivity contribution < 1.29 is 33.3 Å². The molecule has 0 aromatic heterocycles. The van der Waals surface area contributed by atoms with Crippen LogP contribution >= 0.6 is 0 Å². The Hall–Kier alpha value is -6.56. The number of nitrogens with one attached hydrogen (secondary N) is 1. The molecule has 4 aromatic carbocycles. The molecule has 2 atom stereocenters. The van der Waals surface area contributed by atoms with E-state index in [0.717, 1.165) is 46.7 Å². The molecule has 12 heteroatoms. The molecule has 0 radical (unpaired) electrons. The van der Waals surface area contributed by atoms with Crippen molar-refractivity contribution in [2.45, 2.75) is 44.7 Å². The molecule has 0 saturated heterocycles. The average molecular weight is 768 g/mol. The summed E-state index contributed by atoms with van der Waals surface area (Å²) in [6.07, 6.45) is 10.4. The fraction of sp³-hybridized carbons (Fsp3) is 0.289. The highest BCUT2D eigenvalue weighted by Crippen LogP contribution is 2.42. The Morgan fingerprint density at radius 3 is 1.60 bits per heavy atom. The van der Waals surface area contributed by atoms with E-state index in [9.17, 15) is 9.59 Å². The second kappa shape index (κ2) is 16.3. The fourth-order valence-corrected chi connectivity index (χ4v) is 7.44. The maximum absolute atomic E-state index is 13.8. The van der Waals surface area contributed by atoms with Gasteiger partial charge in [0.15, 0.2) is 23.0 Å². The van der Waals surface area contributed by atoms with Gasteiger partial charge in [0.25, 0.3) is 11.8 Å². The maximum Gasteiger partial charge on any atom is 0.260 e. The molecule has 1 N–H and O–H groups in total. The van der Waals surface area contributed by atoms with Crippen molar-refractivity contribution in [3.8, 4) is 28.7 Å². The van der Waals surface area contributed by atoms with Crippen molar-refractivity contribution in [3.63, 3.8) is 0 Å². The number of nitrogens with zero attached hydrogens (tertiary/aromatic N) is 4. The van der Waals surface area contributed by atoms with Crippen molar-refractivity contribution in [2.75, 3.05) is 46.4 Å². The molecule has 4 aliphatic rings. The summed E-state index contributed by atoms with van der Waals surface area (Å²) in [7, 11) is 4.74. The Kier molecular flexibility index (Phi) is 10.7. The van der Waals surface area contributed by atoms with Gasteiger partial charge in [0.2, 0.25) is 0 Å². The van der Waals surface area contributed by atoms with Crippen LogP contribution < -0.4 is 29.0 Å². The number of hydrogen-bond acceptors (Lipinski definition) is 10. The van der Waals surface area contributed by atoms with E-state index in [1.165, 1.54) is 0 Å². The first-order chi connectivity index (χ1) is 27.9. The van der Waals surface area contributed by atoms with Crippen LogP contribution in [0.1, 0.15) is 64.4 Å². The summed E-state index contributed by atoms with van der Waals surface area (Å²) >= 11 is 0. The van der Waals surface area contributed by atoms with Crippen molar-refractivity contribution in [2.24, 2.45) is 9.98 Å². The minimum Gasteiger partial charge on any atom is -0.497 e. The largest absolute Gasteiger partial charge is 0.497 e. The highest BCUT2D eigenvalue weighted by molar-refractivity contribution is 6.06. The van der Waals surface area contributed by atoms with Gasteiger partial charge in [-0.05, 0) is 65.1 Å². The third-order valence-electron chi connectivity index (χ3n) is 10.5. The smallest absolute Gasteiger partial charge is 0.260 e. The molecule has 0 saturated carbocycles. The van der Waals surface area contributed by atoms with E-state index in [-0.39, 0.29) is 23.9 Å². The van der Waals surface area contributed by atoms with Crippen molar-refractivity contribution in [1.29, 1.82) is 0 Å². The number of anilines is 1. The number of fused-ring (bicyclic) bond motifs is 4. The second-order valence-corrected chi connectivity index (χ2v) is 14.2. The third-order valence-corrected chi connectivity index (χ3v) is 10.5. The van der Waals surface area contributed by atoms with Gasteiger partial charge in [-0.3, -0.25) is 19.6 Å². The molecule has 12 nitrogen and oxygen atoms in total. The number of methoxy groups -OCH3 is 3. The number of hydrogen-bond donors (Lipinski definition) is 1. The van der Waals surface area contributed by atoms with Crippen LogP contribution in [-0.2, 0) is 0 Å². The Morgan fingerprint density at radius 1 is 0.649 bits per heavy atom. The number of carbonyl (C=O) groups excluding carboxylic acids is 2. The lowest BCUT2D eigenvalue weighted by Gasteiger charge is -2.19. The van der Waals surface area contributed by atoms with E-state index >= 15 is 0 Å². The van der Waals surface area contributed by atoms with E-state index in [1.54, 1.807) is 55.4 Å². The molecule has 0 aliphatic carbocycles. The summed E-state index contributed by atoms with van der Waals surface area (Å²) in [5.74, 6) is 2.32. The minimum absolute atomic E-state index is 0.141. The van der Waals surface area contributed by atoms with Gasteiger partial charge >= 0.3 is 0 Å². The predicted molar refractivity (Wildman–Crippen MR) is 221 cm³/mol. The summed E-state index contributed by atoms with van der Waals surface area (Å²) < 4.78 is 28.9. The summed E-state index contributed by atoms with van der Waals surface area (Å²) in [6, 6.07) is 22.6. The third kappa shape index (κ3) is 7.54. The predicted octanol–water partition coefficient (Wildman–Crippen LogP) is 8.33. The van der Waals surface area contributed by atoms with Crippen molar-refractivity contribution in [1.82, 2.24) is 9.80 Å². The topological polar surface area (TPSA) is 124 Å². The van der Waals surface area contributed by atoms with Gasteiger partial charge in [-0.25, -0.2) is 0 Å². The van der Waals surface area contributed by atoms with E-state index in [4.69, 9.17) is 33.7 Å². The number of benzene rings is 4. The summed E-state index contributed by atoms with van der Waals surface area (Å²) in [5, 5.41) is 3.40. The van der Waals surface area contributed by atoms with E-state index < -0.39 is 0 Å². The average Bonchev–Trinajstić information content (AvgIpc) is 3.83. The number of carbonyl (C=O) groups is 2. The Morgan fingerprint density at radius 2 is 1.14 bits per heavy atom. The van der Waals surface area contributed by atoms with Gasteiger partial charge in [0.1, 0.15) is 5.75 Å². The van der Waals surface area contributed by atoms with Crippen LogP contribution in [0.2, 0.25) is 0 Å². The van der Waals surface area contributed by atoms with Crippen molar-refractivity contribution >= 4 is 52.5 Å². The van der Waals surface area contributed by atoms with Gasteiger partial charge in [-0.15, -0.1) is 0 Å². The Bertz CT molecular complexity index is 2300. The zero-order valence-electron chi connectivity index (χ0n) is 32.5. The van der Waals surface area contributed by atoms with Crippen LogP contribution in [0.4, 0.5) is 17.1 Å². The Balaban J connectivity index is 0.895. The maximum atomic E-state index is 13.8. The number of rotatable bonds is 14. The number of ether oxygens (including phenoxy) is 5. The monoisotopic (exact) mass is 767 g/mol. The van der Waals surface area contributed by atoms with Gasteiger partial charge in [-0.1, -0.05) is 31.2 Å². The lowest BCUT2D eigenvalue weighted by Crippen LogP contribution is -2.32. The number of aliphatic imine (C=N–C) groups is 2. The zero-order chi connectivity index (χ0) is 39.5. The molecule has 2 amide bonds. The molecule has 8 rings (SSSR count). The normalized spacial score (nSPS) is 17.8. The molecule has 4 aliphatic heterocycles. The van der Waals surface area contributed by atoms with Crippen LogP contribution in [0.3, 0.4) is 0 Å². The molecule has 0 spiro atoms. The lowest BCUT2D eigenvalue weighted by atomic mass is 10.0. The molecule has 0 bridgehead atoms. The standard InChI is InChI=1S/C45H45N5O7/c1-5-15-46-32-11-7-28(8-12-32)30-18-33-24-47-38-22-42(40(54-3)20-36(38)44(51)49(33)26-30)56-16-6-17-57-43-23-39-37(21-41(43)55-4)45(52)50-27-31(19-34(50)25-48-39)29-9-13-35(53-2)14-10-29/h7-14,20-27,33-34,46H,5-6,15-19H2,1-4H3/t33-,34-/m0/s1. The van der Waals surface area contributed by atoms with Gasteiger partial charge in [0, 0.05) is 68.5 Å². The fourth-order valence-electron chi connectivity index (χ4n) is 7.44. The first-order valence-electron chi connectivity index (χ1n) is 19.2. The summed E-state index contributed by atoms with van der Waals surface area (Å²) in [4.78, 5) is 40.5. The first kappa shape index (κ1) is 37.4. The summed E-state index contributed by atoms with van der Waals surface area (Å²) in [6.45, 7) is 3.68. The molecule has 57 heavy (non-hydrogen) atoms. The molecule has 0 unspecified atom stereocenters. The lowest BCUT2D eigenvalue weighted by molar-refractivity contribution is 0.0809. The molecule has 292 valence electrons. The molecule has 0 fully saturated rings. The van der Waals surface area contributed by atoms with Crippen LogP contribution in [-0.4, -0.2) is 87.2 Å². The quantitative estimate of drug-likeness (QED) is 0.127. The first-order valence-corrected chi connectivity index (χ1v) is 19.2. The van der Waals surface area contributed by atoms with Gasteiger partial charge in [-0.2, -0.15) is 0 Å². The SMILES string of the molecule is CCCNc1ccc(C2=CN3C(=O)c4cc(OC)c(OCCCOc5cc6c(cc5OC)C(=O)N5C=C(c7ccc(OC)cc7)C[C@H]5C=N6)cc4N=C[C@@H]3C2)cc1. The number of amides is 2. The Labute approximate surface area is 332 Å². The summed E-state index contributed by atoms with van der Waals surface area (Å²) in [5.41, 5.74) is 7.26. The van der Waals surface area contributed by atoms with E-state index in [2.05, 4.69) is 36.5 Å². The van der Waals surface area contributed by atoms with Crippen molar-refractivity contribution in [3.05, 3.63) is 107 Å². The van der Waals surface area contributed by atoms with Crippen LogP contribution in [0.25, 0.3) is 11.1 Å². The highest BCUT2D eigenvalue weighted by atomic mass is 16.5.